The molecule has 0 saturated heterocycles. The first kappa shape index (κ1) is 12.7. The number of hydrogen-bond acceptors (Lipinski definition) is 3. The number of nitrogens with zero attached hydrogens (tertiary/aromatic N) is 2. The summed E-state index contributed by atoms with van der Waals surface area (Å²) in [6.45, 7) is 0.935. The van der Waals surface area contributed by atoms with Gasteiger partial charge in [0.2, 0.25) is 0 Å². The Kier molecular flexibility index (Phi) is 4.07. The number of rotatable bonds is 4. The molecule has 0 atom stereocenters. The minimum Gasteiger partial charge on any atom is -0.392 e. The maximum absolute atomic E-state index is 9.00. The molecule has 3 nitrogen and oxygen atoms in total. The molecule has 18 heavy (non-hydrogen) atoms. The molecule has 0 fully saturated rings. The van der Waals surface area contributed by atoms with Crippen LogP contribution >= 0.6 is 0 Å². The van der Waals surface area contributed by atoms with Gasteiger partial charge in [0.25, 0.3) is 0 Å². The van der Waals surface area contributed by atoms with Crippen LogP contribution in [0.5, 0.6) is 0 Å². The predicted molar refractivity (Wildman–Crippen MR) is 73.0 cm³/mol. The lowest BCUT2D eigenvalue weighted by atomic mass is 10.1. The number of aliphatic hydroxyl groups excluding tert-OH is 1. The van der Waals surface area contributed by atoms with Gasteiger partial charge in [0.05, 0.1) is 12.3 Å². The van der Waals surface area contributed by atoms with Crippen molar-refractivity contribution in [2.24, 2.45) is 0 Å². The molecular formula is C15H18N2O. The minimum atomic E-state index is 0.0836. The van der Waals surface area contributed by atoms with Gasteiger partial charge >= 0.3 is 0 Å². The van der Waals surface area contributed by atoms with Crippen molar-refractivity contribution in [1.82, 2.24) is 9.88 Å². The predicted octanol–water partition coefficient (Wildman–Crippen LogP) is 2.30. The fourth-order valence-electron chi connectivity index (χ4n) is 1.82. The zero-order valence-electron chi connectivity index (χ0n) is 10.8. The second-order valence-corrected chi connectivity index (χ2v) is 4.63. The van der Waals surface area contributed by atoms with E-state index in [-0.39, 0.29) is 6.61 Å². The van der Waals surface area contributed by atoms with E-state index in [1.165, 1.54) is 0 Å². The molecule has 1 N–H and O–H groups in total. The van der Waals surface area contributed by atoms with Crippen molar-refractivity contribution in [3.8, 4) is 11.1 Å². The van der Waals surface area contributed by atoms with Crippen molar-refractivity contribution >= 4 is 0 Å². The summed E-state index contributed by atoms with van der Waals surface area (Å²) < 4.78 is 0. The third-order valence-corrected chi connectivity index (χ3v) is 2.77. The SMILES string of the molecule is CN(C)Cc1ccc(-c2ccc(CO)cc2)cn1. The van der Waals surface area contributed by atoms with E-state index < -0.39 is 0 Å². The first-order chi connectivity index (χ1) is 8.69. The first-order valence-corrected chi connectivity index (χ1v) is 5.99. The van der Waals surface area contributed by atoms with Crippen molar-refractivity contribution in [2.75, 3.05) is 14.1 Å². The van der Waals surface area contributed by atoms with Gasteiger partial charge in [-0.05, 0) is 31.3 Å². The maximum atomic E-state index is 9.00. The zero-order valence-corrected chi connectivity index (χ0v) is 10.8. The van der Waals surface area contributed by atoms with E-state index >= 15 is 0 Å². The maximum Gasteiger partial charge on any atom is 0.0681 e. The highest BCUT2D eigenvalue weighted by atomic mass is 16.3. The van der Waals surface area contributed by atoms with Crippen LogP contribution in [0, 0.1) is 0 Å². The molecule has 0 radical (unpaired) electrons. The smallest absolute Gasteiger partial charge is 0.0681 e. The normalized spacial score (nSPS) is 10.9. The Morgan fingerprint density at radius 2 is 1.67 bits per heavy atom. The molecule has 0 amide bonds. The van der Waals surface area contributed by atoms with Gasteiger partial charge in [-0.15, -0.1) is 0 Å². The highest BCUT2D eigenvalue weighted by Crippen LogP contribution is 2.19. The van der Waals surface area contributed by atoms with Crippen molar-refractivity contribution in [1.29, 1.82) is 0 Å². The van der Waals surface area contributed by atoms with Gasteiger partial charge in [-0.3, -0.25) is 4.98 Å². The standard InChI is InChI=1S/C15H18N2O/c1-17(2)10-15-8-7-14(9-16-15)13-5-3-12(11-18)4-6-13/h3-9,18H,10-11H2,1-2H3. The van der Waals surface area contributed by atoms with Crippen LogP contribution in [0.4, 0.5) is 0 Å². The summed E-state index contributed by atoms with van der Waals surface area (Å²) in [5, 5.41) is 9.00. The van der Waals surface area contributed by atoms with E-state index in [1.807, 2.05) is 44.6 Å². The molecule has 3 heteroatoms. The Balaban J connectivity index is 2.17. The fourth-order valence-corrected chi connectivity index (χ4v) is 1.82. The summed E-state index contributed by atoms with van der Waals surface area (Å²) in [4.78, 5) is 6.54. The van der Waals surface area contributed by atoms with Crippen molar-refractivity contribution in [3.63, 3.8) is 0 Å². The lowest BCUT2D eigenvalue weighted by Crippen LogP contribution is -2.11. The van der Waals surface area contributed by atoms with Gasteiger partial charge in [0, 0.05) is 18.3 Å². The van der Waals surface area contributed by atoms with E-state index in [9.17, 15) is 0 Å². The Hall–Kier alpha value is -1.71. The van der Waals surface area contributed by atoms with Gasteiger partial charge in [0.1, 0.15) is 0 Å². The van der Waals surface area contributed by atoms with Crippen LogP contribution in [0.3, 0.4) is 0 Å². The quantitative estimate of drug-likeness (QED) is 0.893. The molecule has 0 unspecified atom stereocenters. The van der Waals surface area contributed by atoms with Gasteiger partial charge in [0.15, 0.2) is 0 Å². The van der Waals surface area contributed by atoms with Gasteiger partial charge in [-0.2, -0.15) is 0 Å². The largest absolute Gasteiger partial charge is 0.392 e. The van der Waals surface area contributed by atoms with Gasteiger partial charge in [-0.1, -0.05) is 30.3 Å². The van der Waals surface area contributed by atoms with Gasteiger partial charge < -0.3 is 10.0 Å². The lowest BCUT2D eigenvalue weighted by molar-refractivity contribution is 0.282. The van der Waals surface area contributed by atoms with E-state index in [1.54, 1.807) is 0 Å². The first-order valence-electron chi connectivity index (χ1n) is 5.99. The van der Waals surface area contributed by atoms with Crippen LogP contribution < -0.4 is 0 Å². The van der Waals surface area contributed by atoms with Crippen LogP contribution in [0.1, 0.15) is 11.3 Å². The minimum absolute atomic E-state index is 0.0836. The zero-order chi connectivity index (χ0) is 13.0. The molecule has 1 aromatic heterocycles. The average molecular weight is 242 g/mol. The van der Waals surface area contributed by atoms with Crippen LogP contribution in [-0.4, -0.2) is 29.1 Å². The summed E-state index contributed by atoms with van der Waals surface area (Å²) >= 11 is 0. The molecule has 0 saturated carbocycles. The van der Waals surface area contributed by atoms with Crippen molar-refractivity contribution in [2.45, 2.75) is 13.2 Å². The molecule has 2 aromatic rings. The number of aliphatic hydroxyl groups is 1. The molecular weight excluding hydrogens is 224 g/mol. The fraction of sp³-hybridized carbons (Fsp3) is 0.267. The second kappa shape index (κ2) is 5.76. The average Bonchev–Trinajstić information content (AvgIpc) is 2.39. The molecule has 0 aliphatic heterocycles. The summed E-state index contributed by atoms with van der Waals surface area (Å²) in [7, 11) is 4.06. The topological polar surface area (TPSA) is 36.4 Å². The Labute approximate surface area is 108 Å². The van der Waals surface area contributed by atoms with Gasteiger partial charge in [-0.25, -0.2) is 0 Å². The molecule has 2 rings (SSSR count). The van der Waals surface area contributed by atoms with Crippen LogP contribution in [0.25, 0.3) is 11.1 Å². The molecule has 94 valence electrons. The van der Waals surface area contributed by atoms with E-state index in [0.29, 0.717) is 0 Å². The second-order valence-electron chi connectivity index (χ2n) is 4.63. The molecule has 1 aromatic carbocycles. The third-order valence-electron chi connectivity index (χ3n) is 2.77. The number of benzene rings is 1. The Morgan fingerprint density at radius 3 is 2.17 bits per heavy atom. The van der Waals surface area contributed by atoms with Crippen LogP contribution in [-0.2, 0) is 13.2 Å². The molecule has 0 aliphatic rings. The lowest BCUT2D eigenvalue weighted by Gasteiger charge is -2.09. The number of hydrogen-bond donors (Lipinski definition) is 1. The summed E-state index contributed by atoms with van der Waals surface area (Å²) in [6, 6.07) is 12.0. The molecule has 0 aliphatic carbocycles. The third kappa shape index (κ3) is 3.15. The van der Waals surface area contributed by atoms with Crippen LogP contribution in [0.2, 0.25) is 0 Å². The highest BCUT2D eigenvalue weighted by molar-refractivity contribution is 5.62. The van der Waals surface area contributed by atoms with Crippen molar-refractivity contribution in [3.05, 3.63) is 53.9 Å². The van der Waals surface area contributed by atoms with Crippen LogP contribution in [0.15, 0.2) is 42.6 Å². The number of pyridine rings is 1. The monoisotopic (exact) mass is 242 g/mol. The Bertz CT molecular complexity index is 489. The van der Waals surface area contributed by atoms with E-state index in [2.05, 4.69) is 22.0 Å². The molecule has 0 spiro atoms. The summed E-state index contributed by atoms with van der Waals surface area (Å²) in [5.74, 6) is 0. The summed E-state index contributed by atoms with van der Waals surface area (Å²) in [5.41, 5.74) is 4.21. The Morgan fingerprint density at radius 1 is 1.00 bits per heavy atom. The number of aromatic nitrogens is 1. The molecule has 1 heterocycles. The molecule has 0 bridgehead atoms. The highest BCUT2D eigenvalue weighted by Gasteiger charge is 2.00. The van der Waals surface area contributed by atoms with E-state index in [4.69, 9.17) is 5.11 Å². The van der Waals surface area contributed by atoms with E-state index in [0.717, 1.165) is 28.9 Å². The van der Waals surface area contributed by atoms with Crippen molar-refractivity contribution < 1.29 is 5.11 Å². The summed E-state index contributed by atoms with van der Waals surface area (Å²) in [6.07, 6.45) is 1.90.